The third-order valence-electron chi connectivity index (χ3n) is 4.22. The van der Waals surface area contributed by atoms with Crippen LogP contribution in [0.4, 0.5) is 0 Å². The second-order valence-electron chi connectivity index (χ2n) is 7.58. The Kier molecular flexibility index (Phi) is 5.99. The van der Waals surface area contributed by atoms with E-state index in [-0.39, 0.29) is 17.4 Å². The van der Waals surface area contributed by atoms with E-state index >= 15 is 0 Å². The normalized spacial score (nSPS) is 16.7. The van der Waals surface area contributed by atoms with Crippen molar-refractivity contribution in [2.24, 2.45) is 0 Å². The molecule has 0 radical (unpaired) electrons. The molecule has 1 unspecified atom stereocenters. The second-order valence-corrected chi connectivity index (χ2v) is 7.58. The lowest BCUT2D eigenvalue weighted by atomic mass is 10.1. The van der Waals surface area contributed by atoms with Crippen LogP contribution in [0.25, 0.3) is 0 Å². The summed E-state index contributed by atoms with van der Waals surface area (Å²) in [4.78, 5) is 26.7. The summed E-state index contributed by atoms with van der Waals surface area (Å²) in [6.07, 6.45) is 2.49. The van der Waals surface area contributed by atoms with Gasteiger partial charge in [-0.2, -0.15) is 0 Å². The van der Waals surface area contributed by atoms with Gasteiger partial charge in [0.1, 0.15) is 0 Å². The zero-order chi connectivity index (χ0) is 17.7. The molecule has 132 valence electrons. The maximum absolute atomic E-state index is 12.2. The number of nitrogens with zero attached hydrogens (tertiary/aromatic N) is 1. The fourth-order valence-corrected chi connectivity index (χ4v) is 2.84. The number of likely N-dealkylation sites (tertiary alicyclic amines) is 1. The molecule has 0 bridgehead atoms. The van der Waals surface area contributed by atoms with E-state index in [1.807, 2.05) is 20.8 Å². The highest BCUT2D eigenvalue weighted by Gasteiger charge is 2.19. The van der Waals surface area contributed by atoms with Crippen molar-refractivity contribution in [1.82, 2.24) is 15.5 Å². The number of benzene rings is 1. The van der Waals surface area contributed by atoms with Crippen molar-refractivity contribution in [3.05, 3.63) is 35.4 Å². The van der Waals surface area contributed by atoms with Crippen LogP contribution in [0.15, 0.2) is 24.3 Å². The highest BCUT2D eigenvalue weighted by molar-refractivity contribution is 5.98. The number of nitrogens with one attached hydrogen (secondary N) is 2. The zero-order valence-electron chi connectivity index (χ0n) is 15.2. The molecule has 1 aliphatic heterocycles. The molecule has 5 heteroatoms. The van der Waals surface area contributed by atoms with E-state index in [2.05, 4.69) is 22.5 Å². The first-order valence-corrected chi connectivity index (χ1v) is 8.71. The molecule has 24 heavy (non-hydrogen) atoms. The number of hydrogen-bond acceptors (Lipinski definition) is 3. The number of carbonyl (C=O) groups is 2. The molecule has 1 fully saturated rings. The van der Waals surface area contributed by atoms with E-state index in [4.69, 9.17) is 0 Å². The number of rotatable bonds is 5. The zero-order valence-corrected chi connectivity index (χ0v) is 15.2. The van der Waals surface area contributed by atoms with Gasteiger partial charge in [-0.1, -0.05) is 0 Å². The molecule has 1 aliphatic rings. The molecule has 0 spiro atoms. The number of carbonyl (C=O) groups excluding carboxylic acids is 2. The van der Waals surface area contributed by atoms with Gasteiger partial charge in [0.05, 0.1) is 0 Å². The molecular formula is C19H29N3O2. The van der Waals surface area contributed by atoms with Gasteiger partial charge in [-0.25, -0.2) is 0 Å². The van der Waals surface area contributed by atoms with E-state index in [0.29, 0.717) is 23.7 Å². The van der Waals surface area contributed by atoms with Crippen molar-refractivity contribution in [3.8, 4) is 0 Å². The van der Waals surface area contributed by atoms with Crippen LogP contribution in [0.2, 0.25) is 0 Å². The lowest BCUT2D eigenvalue weighted by molar-refractivity contribution is 0.0914. The highest BCUT2D eigenvalue weighted by Crippen LogP contribution is 2.11. The molecule has 1 heterocycles. The van der Waals surface area contributed by atoms with E-state index in [0.717, 1.165) is 13.1 Å². The van der Waals surface area contributed by atoms with Crippen molar-refractivity contribution in [2.75, 3.05) is 19.6 Å². The Labute approximate surface area is 144 Å². The Hall–Kier alpha value is -1.88. The molecule has 1 aromatic rings. The van der Waals surface area contributed by atoms with Crippen LogP contribution in [0, 0.1) is 0 Å². The summed E-state index contributed by atoms with van der Waals surface area (Å²) in [5.74, 6) is -0.221. The predicted molar refractivity (Wildman–Crippen MR) is 96.3 cm³/mol. The summed E-state index contributed by atoms with van der Waals surface area (Å²) in [6, 6.07) is 7.15. The molecule has 0 aromatic heterocycles. The molecule has 1 atom stereocenters. The number of amides is 2. The average molecular weight is 331 g/mol. The molecule has 2 amide bonds. The summed E-state index contributed by atoms with van der Waals surface area (Å²) in [6.45, 7) is 10.8. The largest absolute Gasteiger partial charge is 0.350 e. The van der Waals surface area contributed by atoms with Gasteiger partial charge in [0.15, 0.2) is 0 Å². The van der Waals surface area contributed by atoms with Crippen molar-refractivity contribution < 1.29 is 9.59 Å². The third kappa shape index (κ3) is 5.34. The molecule has 0 saturated carbocycles. The minimum atomic E-state index is -0.279. The average Bonchev–Trinajstić information content (AvgIpc) is 3.05. The SMILES string of the molecule is CC(CNC(=O)c1ccc(C(=O)NC(C)(C)C)cc1)N1CCCC1. The Morgan fingerprint density at radius 2 is 1.54 bits per heavy atom. The van der Waals surface area contributed by atoms with Crippen LogP contribution in [-0.2, 0) is 0 Å². The van der Waals surface area contributed by atoms with E-state index in [1.165, 1.54) is 12.8 Å². The Balaban J connectivity index is 1.87. The van der Waals surface area contributed by atoms with Crippen molar-refractivity contribution in [3.63, 3.8) is 0 Å². The lowest BCUT2D eigenvalue weighted by Gasteiger charge is -2.23. The van der Waals surface area contributed by atoms with Gasteiger partial charge in [0.2, 0.25) is 0 Å². The molecule has 2 N–H and O–H groups in total. The van der Waals surface area contributed by atoms with Crippen LogP contribution >= 0.6 is 0 Å². The van der Waals surface area contributed by atoms with Crippen molar-refractivity contribution in [2.45, 2.75) is 52.1 Å². The molecule has 1 saturated heterocycles. The molecule has 5 nitrogen and oxygen atoms in total. The summed E-state index contributed by atoms with van der Waals surface area (Å²) in [7, 11) is 0. The maximum Gasteiger partial charge on any atom is 0.251 e. The highest BCUT2D eigenvalue weighted by atomic mass is 16.2. The van der Waals surface area contributed by atoms with Gasteiger partial charge in [-0.05, 0) is 77.9 Å². The Bertz CT molecular complexity index is 569. The minimum Gasteiger partial charge on any atom is -0.350 e. The quantitative estimate of drug-likeness (QED) is 0.871. The second kappa shape index (κ2) is 7.79. The molecular weight excluding hydrogens is 302 g/mol. The standard InChI is InChI=1S/C19H29N3O2/c1-14(22-11-5-6-12-22)13-20-17(23)15-7-9-16(10-8-15)18(24)21-19(2,3)4/h7-10,14H,5-6,11-13H2,1-4H3,(H,20,23)(H,21,24). The van der Waals surface area contributed by atoms with Crippen molar-refractivity contribution in [1.29, 1.82) is 0 Å². The van der Waals surface area contributed by atoms with Gasteiger partial charge in [0.25, 0.3) is 11.8 Å². The smallest absolute Gasteiger partial charge is 0.251 e. The summed E-state index contributed by atoms with van der Waals surface area (Å²) in [5.41, 5.74) is 0.863. The van der Waals surface area contributed by atoms with Gasteiger partial charge in [-0.3, -0.25) is 14.5 Å². The maximum atomic E-state index is 12.2. The van der Waals surface area contributed by atoms with E-state index in [9.17, 15) is 9.59 Å². The molecule has 0 aliphatic carbocycles. The first-order chi connectivity index (χ1) is 11.3. The monoisotopic (exact) mass is 331 g/mol. The third-order valence-corrected chi connectivity index (χ3v) is 4.22. The molecule has 2 rings (SSSR count). The minimum absolute atomic E-state index is 0.0937. The Morgan fingerprint density at radius 3 is 2.04 bits per heavy atom. The summed E-state index contributed by atoms with van der Waals surface area (Å²) in [5, 5.41) is 5.89. The fraction of sp³-hybridized carbons (Fsp3) is 0.579. The van der Waals surface area contributed by atoms with Crippen molar-refractivity contribution >= 4 is 11.8 Å². The summed E-state index contributed by atoms with van der Waals surface area (Å²) >= 11 is 0. The number of hydrogen-bond donors (Lipinski definition) is 2. The van der Waals surface area contributed by atoms with Crippen LogP contribution in [0.5, 0.6) is 0 Å². The first kappa shape index (κ1) is 18.5. The van der Waals surface area contributed by atoms with Crippen LogP contribution in [-0.4, -0.2) is 47.9 Å². The topological polar surface area (TPSA) is 61.4 Å². The lowest BCUT2D eigenvalue weighted by Crippen LogP contribution is -2.41. The van der Waals surface area contributed by atoms with Gasteiger partial charge < -0.3 is 10.6 Å². The predicted octanol–water partition coefficient (Wildman–Crippen LogP) is 2.43. The van der Waals surface area contributed by atoms with Crippen LogP contribution in [0.1, 0.15) is 61.3 Å². The Morgan fingerprint density at radius 1 is 1.04 bits per heavy atom. The van der Waals surface area contributed by atoms with Gasteiger partial charge in [-0.15, -0.1) is 0 Å². The fourth-order valence-electron chi connectivity index (χ4n) is 2.84. The van der Waals surface area contributed by atoms with Gasteiger partial charge in [0, 0.05) is 29.3 Å². The van der Waals surface area contributed by atoms with Crippen LogP contribution in [0.3, 0.4) is 0 Å². The first-order valence-electron chi connectivity index (χ1n) is 8.71. The summed E-state index contributed by atoms with van der Waals surface area (Å²) < 4.78 is 0. The van der Waals surface area contributed by atoms with Gasteiger partial charge >= 0.3 is 0 Å². The van der Waals surface area contributed by atoms with Crippen LogP contribution < -0.4 is 10.6 Å². The van der Waals surface area contributed by atoms with E-state index in [1.54, 1.807) is 24.3 Å². The van der Waals surface area contributed by atoms with E-state index < -0.39 is 0 Å². The molecule has 1 aromatic carbocycles.